The monoisotopic (exact) mass is 347 g/mol. The molecule has 0 N–H and O–H groups in total. The van der Waals surface area contributed by atoms with Gasteiger partial charge < -0.3 is 13.9 Å². The average molecular weight is 347 g/mol. The summed E-state index contributed by atoms with van der Waals surface area (Å²) in [7, 11) is 0. The molecular weight excluding hydrogens is 314 g/mol. The van der Waals surface area contributed by atoms with Crippen LogP contribution in [0.4, 0.5) is 0 Å². The third-order valence-corrected chi connectivity index (χ3v) is 6.46. The molecule has 4 heteroatoms. The van der Waals surface area contributed by atoms with E-state index in [1.807, 2.05) is 6.92 Å². The van der Waals surface area contributed by atoms with Crippen LogP contribution in [-0.4, -0.2) is 43.9 Å². The minimum Gasteiger partial charge on any atom is -0.465 e. The SMILES string of the molecule is Cc1ccc(CN2CCC3OCCCC3(COCC3CCCC3)C2)o1. The van der Waals surface area contributed by atoms with Gasteiger partial charge in [-0.3, -0.25) is 4.90 Å². The first-order chi connectivity index (χ1) is 12.2. The van der Waals surface area contributed by atoms with E-state index in [1.54, 1.807) is 0 Å². The Labute approximate surface area is 151 Å². The van der Waals surface area contributed by atoms with Crippen LogP contribution >= 0.6 is 0 Å². The summed E-state index contributed by atoms with van der Waals surface area (Å²) in [6.45, 7) is 7.82. The third kappa shape index (κ3) is 4.12. The van der Waals surface area contributed by atoms with Crippen LogP contribution in [0.25, 0.3) is 0 Å². The minimum atomic E-state index is 0.177. The lowest BCUT2D eigenvalue weighted by molar-refractivity contribution is -0.156. The van der Waals surface area contributed by atoms with Crippen molar-refractivity contribution in [1.82, 2.24) is 4.90 Å². The van der Waals surface area contributed by atoms with E-state index in [0.29, 0.717) is 6.10 Å². The molecular formula is C21H33NO3. The van der Waals surface area contributed by atoms with Gasteiger partial charge in [0.15, 0.2) is 0 Å². The predicted molar refractivity (Wildman–Crippen MR) is 97.5 cm³/mol. The molecule has 3 aliphatic rings. The molecule has 4 rings (SSSR count). The van der Waals surface area contributed by atoms with Gasteiger partial charge in [-0.05, 0) is 57.1 Å². The van der Waals surface area contributed by atoms with Gasteiger partial charge in [-0.2, -0.15) is 0 Å². The smallest absolute Gasteiger partial charge is 0.118 e. The lowest BCUT2D eigenvalue weighted by Crippen LogP contribution is -2.56. The van der Waals surface area contributed by atoms with Crippen molar-refractivity contribution in [1.29, 1.82) is 0 Å². The fourth-order valence-corrected chi connectivity index (χ4v) is 5.12. The van der Waals surface area contributed by atoms with Crippen LogP contribution in [0.2, 0.25) is 0 Å². The molecule has 3 heterocycles. The lowest BCUT2D eigenvalue weighted by Gasteiger charge is -2.50. The van der Waals surface area contributed by atoms with Crippen LogP contribution in [0.1, 0.15) is 56.5 Å². The van der Waals surface area contributed by atoms with Gasteiger partial charge in [-0.1, -0.05) is 12.8 Å². The molecule has 2 saturated heterocycles. The van der Waals surface area contributed by atoms with E-state index in [0.717, 1.165) is 69.7 Å². The number of nitrogens with zero attached hydrogens (tertiary/aromatic N) is 1. The van der Waals surface area contributed by atoms with Crippen LogP contribution in [0.15, 0.2) is 16.5 Å². The number of ether oxygens (including phenoxy) is 2. The Hall–Kier alpha value is -0.840. The standard InChI is InChI=1S/C21H33NO3/c1-17-7-8-19(25-17)13-22-11-9-20-21(15-22,10-4-12-24-20)16-23-14-18-5-2-3-6-18/h7-8,18,20H,2-6,9-16H2,1H3. The molecule has 2 unspecified atom stereocenters. The minimum absolute atomic E-state index is 0.177. The van der Waals surface area contributed by atoms with Gasteiger partial charge in [0.05, 0.1) is 19.3 Å². The van der Waals surface area contributed by atoms with Crippen molar-refractivity contribution in [2.75, 3.05) is 32.9 Å². The zero-order chi connectivity index (χ0) is 17.1. The molecule has 1 aliphatic carbocycles. The second-order valence-electron chi connectivity index (χ2n) is 8.50. The average Bonchev–Trinajstić information content (AvgIpc) is 3.26. The highest BCUT2D eigenvalue weighted by atomic mass is 16.5. The number of fused-ring (bicyclic) bond motifs is 1. The van der Waals surface area contributed by atoms with E-state index in [9.17, 15) is 0 Å². The molecule has 0 bridgehead atoms. The first kappa shape index (κ1) is 17.6. The quantitative estimate of drug-likeness (QED) is 0.774. The Balaban J connectivity index is 1.37. The largest absolute Gasteiger partial charge is 0.465 e. The molecule has 0 radical (unpaired) electrons. The molecule has 0 amide bonds. The van der Waals surface area contributed by atoms with Crippen LogP contribution in [0, 0.1) is 18.3 Å². The fourth-order valence-electron chi connectivity index (χ4n) is 5.12. The first-order valence-corrected chi connectivity index (χ1v) is 10.2. The van der Waals surface area contributed by atoms with Crippen LogP contribution in [0.3, 0.4) is 0 Å². The molecule has 4 nitrogen and oxygen atoms in total. The number of piperidine rings is 1. The van der Waals surface area contributed by atoms with Crippen molar-refractivity contribution in [3.05, 3.63) is 23.7 Å². The second kappa shape index (κ2) is 7.81. The topological polar surface area (TPSA) is 34.8 Å². The molecule has 140 valence electrons. The maximum atomic E-state index is 6.29. The number of hydrogen-bond donors (Lipinski definition) is 0. The van der Waals surface area contributed by atoms with Crippen molar-refractivity contribution < 1.29 is 13.9 Å². The molecule has 3 fully saturated rings. The van der Waals surface area contributed by atoms with Gasteiger partial charge in [0.2, 0.25) is 0 Å². The summed E-state index contributed by atoms with van der Waals surface area (Å²) in [6, 6.07) is 4.17. The number of likely N-dealkylation sites (tertiary alicyclic amines) is 1. The molecule has 0 aromatic carbocycles. The molecule has 25 heavy (non-hydrogen) atoms. The van der Waals surface area contributed by atoms with Crippen molar-refractivity contribution in [2.45, 2.75) is 64.5 Å². The second-order valence-corrected chi connectivity index (χ2v) is 8.50. The molecule has 1 saturated carbocycles. The lowest BCUT2D eigenvalue weighted by atomic mass is 9.73. The zero-order valence-corrected chi connectivity index (χ0v) is 15.7. The van der Waals surface area contributed by atoms with Gasteiger partial charge in [-0.15, -0.1) is 0 Å². The Kier molecular flexibility index (Phi) is 5.49. The Bertz CT molecular complexity index is 551. The van der Waals surface area contributed by atoms with Gasteiger partial charge in [0.25, 0.3) is 0 Å². The van der Waals surface area contributed by atoms with E-state index >= 15 is 0 Å². The summed E-state index contributed by atoms with van der Waals surface area (Å²) in [6.07, 6.45) is 9.38. The van der Waals surface area contributed by atoms with Crippen molar-refractivity contribution in [3.8, 4) is 0 Å². The maximum Gasteiger partial charge on any atom is 0.118 e. The number of furan rings is 1. The van der Waals surface area contributed by atoms with Gasteiger partial charge >= 0.3 is 0 Å². The highest BCUT2D eigenvalue weighted by Crippen LogP contribution is 2.41. The van der Waals surface area contributed by atoms with E-state index < -0.39 is 0 Å². The van der Waals surface area contributed by atoms with Gasteiger partial charge in [0, 0.05) is 31.7 Å². The van der Waals surface area contributed by atoms with Crippen molar-refractivity contribution >= 4 is 0 Å². The third-order valence-electron chi connectivity index (χ3n) is 6.46. The number of aryl methyl sites for hydroxylation is 1. The number of rotatable bonds is 6. The van der Waals surface area contributed by atoms with Crippen molar-refractivity contribution in [3.63, 3.8) is 0 Å². The normalized spacial score (nSPS) is 31.3. The Morgan fingerprint density at radius 3 is 2.88 bits per heavy atom. The van der Waals surface area contributed by atoms with E-state index in [-0.39, 0.29) is 5.41 Å². The van der Waals surface area contributed by atoms with Gasteiger partial charge in [0.1, 0.15) is 11.5 Å². The van der Waals surface area contributed by atoms with Crippen LogP contribution in [-0.2, 0) is 16.0 Å². The summed E-state index contributed by atoms with van der Waals surface area (Å²) < 4.78 is 18.3. The Morgan fingerprint density at radius 2 is 2.08 bits per heavy atom. The van der Waals surface area contributed by atoms with Crippen LogP contribution in [0.5, 0.6) is 0 Å². The predicted octanol–water partition coefficient (Wildman–Crippen LogP) is 4.17. The zero-order valence-electron chi connectivity index (χ0n) is 15.7. The maximum absolute atomic E-state index is 6.29. The first-order valence-electron chi connectivity index (χ1n) is 10.2. The molecule has 1 aromatic heterocycles. The molecule has 1 aromatic rings. The Morgan fingerprint density at radius 1 is 1.20 bits per heavy atom. The van der Waals surface area contributed by atoms with Gasteiger partial charge in [-0.25, -0.2) is 0 Å². The molecule has 0 spiro atoms. The highest BCUT2D eigenvalue weighted by Gasteiger charge is 2.46. The van der Waals surface area contributed by atoms with E-state index in [2.05, 4.69) is 17.0 Å². The molecule has 2 aliphatic heterocycles. The highest BCUT2D eigenvalue weighted by molar-refractivity contribution is 5.06. The number of hydrogen-bond acceptors (Lipinski definition) is 4. The summed E-state index contributed by atoms with van der Waals surface area (Å²) in [4.78, 5) is 2.54. The van der Waals surface area contributed by atoms with E-state index in [4.69, 9.17) is 13.9 Å². The molecule has 2 atom stereocenters. The van der Waals surface area contributed by atoms with Crippen LogP contribution < -0.4 is 0 Å². The fraction of sp³-hybridized carbons (Fsp3) is 0.810. The summed E-state index contributed by atoms with van der Waals surface area (Å²) in [5.74, 6) is 2.88. The summed E-state index contributed by atoms with van der Waals surface area (Å²) in [5.41, 5.74) is 0.177. The van der Waals surface area contributed by atoms with E-state index in [1.165, 1.54) is 32.1 Å². The van der Waals surface area contributed by atoms with Crippen molar-refractivity contribution in [2.24, 2.45) is 11.3 Å². The summed E-state index contributed by atoms with van der Waals surface area (Å²) in [5, 5.41) is 0. The summed E-state index contributed by atoms with van der Waals surface area (Å²) >= 11 is 0.